The van der Waals surface area contributed by atoms with Crippen LogP contribution in [0.1, 0.15) is 53.9 Å². The molecule has 0 saturated carbocycles. The van der Waals surface area contributed by atoms with Crippen LogP contribution < -0.4 is 5.32 Å². The van der Waals surface area contributed by atoms with E-state index in [0.29, 0.717) is 6.61 Å². The van der Waals surface area contributed by atoms with Crippen LogP contribution in [-0.4, -0.2) is 31.9 Å². The highest BCUT2D eigenvalue weighted by molar-refractivity contribution is 7.48. The van der Waals surface area contributed by atoms with Gasteiger partial charge in [0.25, 0.3) is 0 Å². The molecule has 0 aliphatic carbocycles. The van der Waals surface area contributed by atoms with E-state index in [1.165, 1.54) is 32.4 Å². The van der Waals surface area contributed by atoms with E-state index < -0.39 is 7.82 Å². The number of hydrogen-bond donors (Lipinski definition) is 1. The van der Waals surface area contributed by atoms with Crippen molar-refractivity contribution in [2.45, 2.75) is 66.1 Å². The predicted octanol–water partition coefficient (Wildman–Crippen LogP) is 3.74. The summed E-state index contributed by atoms with van der Waals surface area (Å²) < 4.78 is 26.9. The molecule has 0 aromatic heterocycles. The molecule has 0 aromatic carbocycles. The molecule has 1 saturated heterocycles. The van der Waals surface area contributed by atoms with E-state index in [4.69, 9.17) is 13.6 Å². The first-order valence-electron chi connectivity index (χ1n) is 7.21. The van der Waals surface area contributed by atoms with Crippen molar-refractivity contribution in [1.29, 1.82) is 0 Å². The molecule has 0 spiro atoms. The zero-order valence-corrected chi connectivity index (χ0v) is 13.9. The fourth-order valence-corrected chi connectivity index (χ4v) is 3.08. The van der Waals surface area contributed by atoms with Crippen LogP contribution in [-0.2, 0) is 18.1 Å². The molecule has 0 atom stereocenters. The van der Waals surface area contributed by atoms with Crippen LogP contribution in [0, 0.1) is 0 Å². The highest BCUT2D eigenvalue weighted by Gasteiger charge is 2.28. The second-order valence-corrected chi connectivity index (χ2v) is 6.56. The first-order valence-corrected chi connectivity index (χ1v) is 8.67. The molecule has 5 nitrogen and oxygen atoms in total. The lowest BCUT2D eigenvalue weighted by Gasteiger charge is -2.20. The summed E-state index contributed by atoms with van der Waals surface area (Å²) in [6.07, 6.45) is 3.87. The molecule has 0 radical (unpaired) electrons. The molecule has 6 heteroatoms. The van der Waals surface area contributed by atoms with Crippen LogP contribution in [0.2, 0.25) is 0 Å². The SMILES string of the molecule is C1CCNCC1.CCOP(=O)(OC(C)C)OC(C)C. The summed E-state index contributed by atoms with van der Waals surface area (Å²) in [5, 5.41) is 3.28. The summed E-state index contributed by atoms with van der Waals surface area (Å²) in [5.74, 6) is 0. The van der Waals surface area contributed by atoms with Crippen molar-refractivity contribution in [2.75, 3.05) is 19.7 Å². The summed E-state index contributed by atoms with van der Waals surface area (Å²) >= 11 is 0. The van der Waals surface area contributed by atoms with Crippen LogP contribution in [0.25, 0.3) is 0 Å². The van der Waals surface area contributed by atoms with Gasteiger partial charge in [-0.15, -0.1) is 0 Å². The molecule has 1 aliphatic rings. The van der Waals surface area contributed by atoms with Crippen molar-refractivity contribution in [2.24, 2.45) is 0 Å². The topological polar surface area (TPSA) is 56.8 Å². The lowest BCUT2D eigenvalue weighted by atomic mass is 10.2. The summed E-state index contributed by atoms with van der Waals surface area (Å²) in [7, 11) is -3.33. The van der Waals surface area contributed by atoms with E-state index in [9.17, 15) is 4.57 Å². The monoisotopic (exact) mass is 295 g/mol. The van der Waals surface area contributed by atoms with E-state index in [1.54, 1.807) is 34.6 Å². The van der Waals surface area contributed by atoms with Gasteiger partial charge < -0.3 is 5.32 Å². The van der Waals surface area contributed by atoms with Gasteiger partial charge in [-0.05, 0) is 60.5 Å². The van der Waals surface area contributed by atoms with E-state index in [-0.39, 0.29) is 12.2 Å². The average molecular weight is 295 g/mol. The van der Waals surface area contributed by atoms with E-state index in [0.717, 1.165) is 0 Å². The quantitative estimate of drug-likeness (QED) is 0.756. The van der Waals surface area contributed by atoms with E-state index >= 15 is 0 Å². The van der Waals surface area contributed by atoms with Crippen LogP contribution >= 0.6 is 7.82 Å². The molecule has 0 aromatic rings. The Hall–Kier alpha value is 0.0700. The van der Waals surface area contributed by atoms with Crippen LogP contribution in [0.15, 0.2) is 0 Å². The molecular formula is C13H30NO4P. The first kappa shape index (κ1) is 19.1. The van der Waals surface area contributed by atoms with Crippen LogP contribution in [0.5, 0.6) is 0 Å². The summed E-state index contributed by atoms with van der Waals surface area (Å²) in [4.78, 5) is 0. The lowest BCUT2D eigenvalue weighted by Crippen LogP contribution is -2.21. The number of phosphoric ester groups is 1. The summed E-state index contributed by atoms with van der Waals surface area (Å²) in [5.41, 5.74) is 0. The Morgan fingerprint density at radius 1 is 1.00 bits per heavy atom. The zero-order valence-electron chi connectivity index (χ0n) is 13.0. The first-order chi connectivity index (χ1) is 8.89. The molecule has 0 bridgehead atoms. The normalized spacial score (nSPS) is 16.4. The summed E-state index contributed by atoms with van der Waals surface area (Å²) in [6, 6.07) is 0. The zero-order chi connectivity index (χ0) is 14.7. The largest absolute Gasteiger partial charge is 0.475 e. The Kier molecular flexibility index (Phi) is 10.8. The van der Waals surface area contributed by atoms with E-state index in [2.05, 4.69) is 5.32 Å². The lowest BCUT2D eigenvalue weighted by molar-refractivity contribution is 0.0751. The van der Waals surface area contributed by atoms with Crippen LogP contribution in [0.4, 0.5) is 0 Å². The van der Waals surface area contributed by atoms with Crippen molar-refractivity contribution in [1.82, 2.24) is 5.32 Å². The third kappa shape index (κ3) is 11.6. The molecule has 1 rings (SSSR count). The van der Waals surface area contributed by atoms with Gasteiger partial charge in [-0.3, -0.25) is 13.6 Å². The second-order valence-electron chi connectivity index (χ2n) is 4.98. The van der Waals surface area contributed by atoms with E-state index in [1.807, 2.05) is 0 Å². The Morgan fingerprint density at radius 2 is 1.47 bits per heavy atom. The molecule has 0 unspecified atom stereocenters. The van der Waals surface area contributed by atoms with Crippen molar-refractivity contribution in [3.05, 3.63) is 0 Å². The van der Waals surface area contributed by atoms with Gasteiger partial charge in [0, 0.05) is 0 Å². The van der Waals surface area contributed by atoms with Gasteiger partial charge in [0.05, 0.1) is 18.8 Å². The van der Waals surface area contributed by atoms with Gasteiger partial charge in [0.1, 0.15) is 0 Å². The number of hydrogen-bond acceptors (Lipinski definition) is 5. The van der Waals surface area contributed by atoms with Crippen molar-refractivity contribution in [3.8, 4) is 0 Å². The molecule has 1 fully saturated rings. The minimum Gasteiger partial charge on any atom is -0.317 e. The van der Waals surface area contributed by atoms with Crippen molar-refractivity contribution in [3.63, 3.8) is 0 Å². The van der Waals surface area contributed by atoms with Crippen molar-refractivity contribution < 1.29 is 18.1 Å². The van der Waals surface area contributed by atoms with Crippen LogP contribution in [0.3, 0.4) is 0 Å². The number of rotatable bonds is 6. The number of phosphoric acid groups is 1. The fraction of sp³-hybridized carbons (Fsp3) is 1.00. The maximum absolute atomic E-state index is 11.8. The van der Waals surface area contributed by atoms with Gasteiger partial charge in [-0.25, -0.2) is 4.57 Å². The van der Waals surface area contributed by atoms with Gasteiger partial charge in [0.15, 0.2) is 0 Å². The Morgan fingerprint density at radius 3 is 1.68 bits per heavy atom. The Balaban J connectivity index is 0.000000443. The molecule has 1 N–H and O–H groups in total. The third-order valence-corrected chi connectivity index (χ3v) is 4.11. The molecule has 19 heavy (non-hydrogen) atoms. The van der Waals surface area contributed by atoms with Gasteiger partial charge in [-0.1, -0.05) is 6.42 Å². The summed E-state index contributed by atoms with van der Waals surface area (Å²) in [6.45, 7) is 11.7. The maximum Gasteiger partial charge on any atom is 0.475 e. The average Bonchev–Trinajstić information content (AvgIpc) is 2.29. The Labute approximate surface area is 118 Å². The maximum atomic E-state index is 11.8. The Bertz CT molecular complexity index is 230. The molecular weight excluding hydrogens is 265 g/mol. The number of nitrogens with one attached hydrogen (secondary N) is 1. The third-order valence-electron chi connectivity index (χ3n) is 2.17. The molecule has 0 amide bonds. The standard InChI is InChI=1S/C8H19O4P.C5H11N/c1-6-10-13(9,11-7(2)3)12-8(4)5;1-2-4-6-5-3-1/h7-8H,6H2,1-5H3;6H,1-5H2. The number of piperidine rings is 1. The van der Waals surface area contributed by atoms with Gasteiger partial charge in [-0.2, -0.15) is 0 Å². The van der Waals surface area contributed by atoms with Gasteiger partial charge >= 0.3 is 7.82 Å². The predicted molar refractivity (Wildman–Crippen MR) is 78.4 cm³/mol. The molecule has 116 valence electrons. The minimum atomic E-state index is -3.33. The second kappa shape index (κ2) is 10.8. The van der Waals surface area contributed by atoms with Gasteiger partial charge in [0.2, 0.25) is 0 Å². The highest BCUT2D eigenvalue weighted by Crippen LogP contribution is 2.51. The highest BCUT2D eigenvalue weighted by atomic mass is 31.2. The van der Waals surface area contributed by atoms with Crippen molar-refractivity contribution >= 4 is 7.82 Å². The molecule has 1 heterocycles. The minimum absolute atomic E-state index is 0.170. The molecule has 1 aliphatic heterocycles. The fourth-order valence-electron chi connectivity index (χ4n) is 1.56. The smallest absolute Gasteiger partial charge is 0.317 e.